The summed E-state index contributed by atoms with van der Waals surface area (Å²) in [6.45, 7) is 2.87. The van der Waals surface area contributed by atoms with Gasteiger partial charge in [0.1, 0.15) is 35.6 Å². The topological polar surface area (TPSA) is 81.2 Å². The molecule has 1 atom stereocenters. The highest BCUT2D eigenvalue weighted by Gasteiger charge is 2.10. The Kier molecular flexibility index (Phi) is 8.57. The molecule has 0 radical (unpaired) electrons. The van der Waals surface area contributed by atoms with Crippen molar-refractivity contribution in [1.29, 1.82) is 0 Å². The number of ether oxygens (including phenoxy) is 2. The van der Waals surface area contributed by atoms with Crippen molar-refractivity contribution in [2.24, 2.45) is 0 Å². The molecular formula is C20H23ClFN5O2. The van der Waals surface area contributed by atoms with Gasteiger partial charge in [-0.05, 0) is 24.6 Å². The Morgan fingerprint density at radius 3 is 2.48 bits per heavy atom. The van der Waals surface area contributed by atoms with Gasteiger partial charge in [0, 0.05) is 37.7 Å². The van der Waals surface area contributed by atoms with Crippen molar-refractivity contribution < 1.29 is 13.9 Å². The van der Waals surface area contributed by atoms with Gasteiger partial charge < -0.3 is 20.1 Å². The lowest BCUT2D eigenvalue weighted by Gasteiger charge is -2.17. The van der Waals surface area contributed by atoms with Crippen LogP contribution in [0.1, 0.15) is 18.5 Å². The molecule has 0 bridgehead atoms. The molecule has 9 heteroatoms. The number of nitrogens with zero attached hydrogens (tertiary/aromatic N) is 3. The summed E-state index contributed by atoms with van der Waals surface area (Å²) in [5, 5.41) is 6.42. The molecule has 1 unspecified atom stereocenters. The minimum Gasteiger partial charge on any atom is -0.491 e. The quantitative estimate of drug-likeness (QED) is 0.498. The molecule has 154 valence electrons. The largest absolute Gasteiger partial charge is 0.491 e. The van der Waals surface area contributed by atoms with Crippen LogP contribution < -0.4 is 15.4 Å². The number of pyridine rings is 1. The normalized spacial score (nSPS) is 11.3. The maximum Gasteiger partial charge on any atom is 0.150 e. The van der Waals surface area contributed by atoms with E-state index < -0.39 is 0 Å². The number of methoxy groups -OCH3 is 1. The number of aromatic nitrogens is 3. The van der Waals surface area contributed by atoms with Crippen molar-refractivity contribution in [2.75, 3.05) is 31.0 Å². The fraction of sp³-hybridized carbons (Fsp3) is 0.250. The van der Waals surface area contributed by atoms with Crippen LogP contribution in [0.5, 0.6) is 5.75 Å². The highest BCUT2D eigenvalue weighted by atomic mass is 35.5. The van der Waals surface area contributed by atoms with E-state index in [1.165, 1.54) is 12.1 Å². The molecule has 1 aromatic carbocycles. The third-order valence-corrected chi connectivity index (χ3v) is 3.91. The van der Waals surface area contributed by atoms with E-state index in [9.17, 15) is 4.39 Å². The number of hydrogen-bond acceptors (Lipinski definition) is 7. The second-order valence-corrected chi connectivity index (χ2v) is 6.05. The predicted octanol–water partition coefficient (Wildman–Crippen LogP) is 4.37. The highest BCUT2D eigenvalue weighted by molar-refractivity contribution is 5.85. The van der Waals surface area contributed by atoms with E-state index >= 15 is 0 Å². The number of anilines is 3. The van der Waals surface area contributed by atoms with Crippen LogP contribution in [0.4, 0.5) is 21.8 Å². The monoisotopic (exact) mass is 419 g/mol. The summed E-state index contributed by atoms with van der Waals surface area (Å²) in [7, 11) is 1.62. The van der Waals surface area contributed by atoms with Crippen molar-refractivity contribution in [3.8, 4) is 5.75 Å². The summed E-state index contributed by atoms with van der Waals surface area (Å²) in [5.74, 6) is 2.11. The molecule has 0 saturated heterocycles. The van der Waals surface area contributed by atoms with Crippen LogP contribution in [0.25, 0.3) is 0 Å². The number of nitrogens with one attached hydrogen (secondary N) is 2. The van der Waals surface area contributed by atoms with Crippen LogP contribution in [-0.2, 0) is 4.74 Å². The molecule has 0 aliphatic carbocycles. The SMILES string of the molecule is COCCOc1cc(Nc2cnccn2)nc(NC(C)c2ccc(F)cc2)c1.Cl. The second-order valence-electron chi connectivity index (χ2n) is 6.05. The average molecular weight is 420 g/mol. The van der Waals surface area contributed by atoms with E-state index in [0.29, 0.717) is 36.4 Å². The van der Waals surface area contributed by atoms with E-state index in [1.807, 2.05) is 6.92 Å². The first-order valence-corrected chi connectivity index (χ1v) is 8.83. The summed E-state index contributed by atoms with van der Waals surface area (Å²) in [5.41, 5.74) is 0.942. The molecule has 2 heterocycles. The Morgan fingerprint density at radius 2 is 1.79 bits per heavy atom. The molecule has 0 fully saturated rings. The van der Waals surface area contributed by atoms with Crippen LogP contribution in [-0.4, -0.2) is 35.3 Å². The van der Waals surface area contributed by atoms with Gasteiger partial charge in [-0.15, -0.1) is 12.4 Å². The van der Waals surface area contributed by atoms with Crippen molar-refractivity contribution in [3.63, 3.8) is 0 Å². The van der Waals surface area contributed by atoms with Crippen LogP contribution in [0.2, 0.25) is 0 Å². The van der Waals surface area contributed by atoms with Gasteiger partial charge in [-0.2, -0.15) is 0 Å². The van der Waals surface area contributed by atoms with E-state index in [-0.39, 0.29) is 24.3 Å². The molecule has 3 rings (SSSR count). The summed E-state index contributed by atoms with van der Waals surface area (Å²) in [6, 6.07) is 9.86. The number of rotatable bonds is 9. The fourth-order valence-corrected chi connectivity index (χ4v) is 2.52. The standard InChI is InChI=1S/C20H22FN5O2.ClH/c1-14(15-3-5-16(21)6-4-15)24-18-11-17(28-10-9-27-2)12-19(25-18)26-20-13-22-7-8-23-20;/h3-8,11-14H,9-10H2,1-2H3,(H2,23,24,25,26);1H. The third kappa shape index (κ3) is 6.85. The average Bonchev–Trinajstić information content (AvgIpc) is 2.69. The van der Waals surface area contributed by atoms with E-state index in [1.54, 1.807) is 50.0 Å². The fourth-order valence-electron chi connectivity index (χ4n) is 2.52. The van der Waals surface area contributed by atoms with Gasteiger partial charge in [0.2, 0.25) is 0 Å². The predicted molar refractivity (Wildman–Crippen MR) is 113 cm³/mol. The number of halogens is 2. The van der Waals surface area contributed by atoms with Crippen molar-refractivity contribution in [1.82, 2.24) is 15.0 Å². The summed E-state index contributed by atoms with van der Waals surface area (Å²) < 4.78 is 23.9. The third-order valence-electron chi connectivity index (χ3n) is 3.91. The van der Waals surface area contributed by atoms with Crippen LogP contribution in [0.15, 0.2) is 55.0 Å². The van der Waals surface area contributed by atoms with Crippen LogP contribution in [0.3, 0.4) is 0 Å². The lowest BCUT2D eigenvalue weighted by Crippen LogP contribution is -2.10. The molecular weight excluding hydrogens is 397 g/mol. The molecule has 0 aliphatic heterocycles. The summed E-state index contributed by atoms with van der Waals surface area (Å²) >= 11 is 0. The van der Waals surface area contributed by atoms with Gasteiger partial charge in [-0.1, -0.05) is 12.1 Å². The van der Waals surface area contributed by atoms with E-state index in [2.05, 4.69) is 25.6 Å². The van der Waals surface area contributed by atoms with Gasteiger partial charge in [-0.25, -0.2) is 14.4 Å². The summed E-state index contributed by atoms with van der Waals surface area (Å²) in [4.78, 5) is 12.8. The molecule has 0 aliphatic rings. The molecule has 0 amide bonds. The Labute approximate surface area is 175 Å². The molecule has 29 heavy (non-hydrogen) atoms. The van der Waals surface area contributed by atoms with Gasteiger partial charge in [0.05, 0.1) is 12.8 Å². The molecule has 7 nitrogen and oxygen atoms in total. The van der Waals surface area contributed by atoms with Gasteiger partial charge in [0.15, 0.2) is 0 Å². The smallest absolute Gasteiger partial charge is 0.150 e. The summed E-state index contributed by atoms with van der Waals surface area (Å²) in [6.07, 6.45) is 4.80. The Morgan fingerprint density at radius 1 is 1.03 bits per heavy atom. The van der Waals surface area contributed by atoms with Crippen molar-refractivity contribution in [3.05, 3.63) is 66.4 Å². The first-order chi connectivity index (χ1) is 13.6. The zero-order valence-electron chi connectivity index (χ0n) is 16.1. The molecule has 2 aromatic heterocycles. The maximum atomic E-state index is 13.2. The Bertz CT molecular complexity index is 884. The van der Waals surface area contributed by atoms with Gasteiger partial charge in [-0.3, -0.25) is 4.98 Å². The number of benzene rings is 1. The molecule has 3 aromatic rings. The lowest BCUT2D eigenvalue weighted by atomic mass is 10.1. The van der Waals surface area contributed by atoms with Crippen molar-refractivity contribution >= 4 is 29.9 Å². The molecule has 0 spiro atoms. The zero-order valence-corrected chi connectivity index (χ0v) is 16.9. The highest BCUT2D eigenvalue weighted by Crippen LogP contribution is 2.26. The first kappa shape index (κ1) is 22.3. The maximum absolute atomic E-state index is 13.2. The Balaban J connectivity index is 0.00000300. The van der Waals surface area contributed by atoms with Crippen LogP contribution >= 0.6 is 12.4 Å². The lowest BCUT2D eigenvalue weighted by molar-refractivity contribution is 0.146. The Hall–Kier alpha value is -2.97. The minimum absolute atomic E-state index is 0. The minimum atomic E-state index is -0.266. The first-order valence-electron chi connectivity index (χ1n) is 8.83. The second kappa shape index (κ2) is 11.1. The van der Waals surface area contributed by atoms with Crippen molar-refractivity contribution in [2.45, 2.75) is 13.0 Å². The van der Waals surface area contributed by atoms with Crippen LogP contribution in [0, 0.1) is 5.82 Å². The van der Waals surface area contributed by atoms with E-state index in [0.717, 1.165) is 5.56 Å². The molecule has 0 saturated carbocycles. The number of hydrogen-bond donors (Lipinski definition) is 2. The molecule has 2 N–H and O–H groups in total. The van der Waals surface area contributed by atoms with E-state index in [4.69, 9.17) is 9.47 Å². The zero-order chi connectivity index (χ0) is 19.8. The van der Waals surface area contributed by atoms with Gasteiger partial charge in [0.25, 0.3) is 0 Å². The van der Waals surface area contributed by atoms with Gasteiger partial charge >= 0.3 is 0 Å².